The van der Waals surface area contributed by atoms with Crippen LogP contribution in [0.2, 0.25) is 0 Å². The summed E-state index contributed by atoms with van der Waals surface area (Å²) in [5.74, 6) is -0.637. The molecule has 0 amide bonds. The van der Waals surface area contributed by atoms with E-state index < -0.39 is 15.9 Å². The molecule has 0 N–H and O–H groups in total. The highest BCUT2D eigenvalue weighted by Gasteiger charge is 2.33. The predicted octanol–water partition coefficient (Wildman–Crippen LogP) is 2.76. The summed E-state index contributed by atoms with van der Waals surface area (Å²) in [4.78, 5) is 27.4. The number of hydrogen-bond acceptors (Lipinski definition) is 6. The van der Waals surface area contributed by atoms with Crippen LogP contribution in [0.3, 0.4) is 0 Å². The van der Waals surface area contributed by atoms with E-state index in [-0.39, 0.29) is 28.7 Å². The molecule has 0 radical (unpaired) electrons. The van der Waals surface area contributed by atoms with Crippen molar-refractivity contribution in [3.8, 4) is 0 Å². The zero-order chi connectivity index (χ0) is 20.5. The number of fused-ring (bicyclic) bond motifs is 1. The zero-order valence-electron chi connectivity index (χ0n) is 16.3. The maximum absolute atomic E-state index is 13.0. The van der Waals surface area contributed by atoms with Gasteiger partial charge in [0.15, 0.2) is 15.6 Å². The van der Waals surface area contributed by atoms with Gasteiger partial charge in [-0.25, -0.2) is 8.42 Å². The van der Waals surface area contributed by atoms with Crippen LogP contribution in [-0.4, -0.2) is 50.0 Å². The zero-order valence-corrected chi connectivity index (χ0v) is 17.1. The SMILES string of the molecule is CC(C)OC(=O)C1C=C2C=CC(C(=O)c3ccc(S(C)(=O)=O)cc3)N2CCC1. The summed E-state index contributed by atoms with van der Waals surface area (Å²) in [6.45, 7) is 4.32. The van der Waals surface area contributed by atoms with Crippen molar-refractivity contribution in [3.05, 3.63) is 53.8 Å². The predicted molar refractivity (Wildman–Crippen MR) is 106 cm³/mol. The Balaban J connectivity index is 1.78. The Morgan fingerprint density at radius 1 is 1.18 bits per heavy atom. The minimum absolute atomic E-state index is 0.0945. The van der Waals surface area contributed by atoms with Gasteiger partial charge in [-0.2, -0.15) is 0 Å². The first-order chi connectivity index (χ1) is 13.2. The van der Waals surface area contributed by atoms with Crippen LogP contribution in [0.4, 0.5) is 0 Å². The van der Waals surface area contributed by atoms with Gasteiger partial charge in [0.2, 0.25) is 0 Å². The molecule has 0 aromatic heterocycles. The van der Waals surface area contributed by atoms with Crippen LogP contribution in [-0.2, 0) is 19.4 Å². The van der Waals surface area contributed by atoms with Crippen LogP contribution in [0.15, 0.2) is 53.1 Å². The third kappa shape index (κ3) is 4.35. The van der Waals surface area contributed by atoms with Gasteiger partial charge in [-0.1, -0.05) is 18.2 Å². The molecular weight excluding hydrogens is 378 g/mol. The van der Waals surface area contributed by atoms with Crippen LogP contribution in [0, 0.1) is 5.92 Å². The standard InChI is InChI=1S/C21H25NO5S/c1-14(2)27-21(24)16-5-4-12-22-17(13-16)8-11-19(22)20(23)15-6-9-18(10-7-15)28(3,25)26/h6-11,13-14,16,19H,4-5,12H2,1-3H3. The molecule has 2 unspecified atom stereocenters. The Morgan fingerprint density at radius 2 is 1.86 bits per heavy atom. The second kappa shape index (κ2) is 7.91. The maximum Gasteiger partial charge on any atom is 0.313 e. The van der Waals surface area contributed by atoms with E-state index in [1.165, 1.54) is 12.1 Å². The fourth-order valence-corrected chi connectivity index (χ4v) is 4.14. The summed E-state index contributed by atoms with van der Waals surface area (Å²) in [6.07, 6.45) is 8.02. The summed E-state index contributed by atoms with van der Waals surface area (Å²) >= 11 is 0. The lowest BCUT2D eigenvalue weighted by Gasteiger charge is -2.26. The molecular formula is C21H25NO5S. The number of ether oxygens (including phenoxy) is 1. The van der Waals surface area contributed by atoms with Crippen LogP contribution < -0.4 is 0 Å². The molecule has 0 saturated carbocycles. The van der Waals surface area contributed by atoms with Crippen molar-refractivity contribution in [2.45, 2.75) is 43.7 Å². The molecule has 7 heteroatoms. The van der Waals surface area contributed by atoms with Crippen LogP contribution in [0.1, 0.15) is 37.0 Å². The highest BCUT2D eigenvalue weighted by atomic mass is 32.2. The third-order valence-corrected chi connectivity index (χ3v) is 6.02. The van der Waals surface area contributed by atoms with Crippen molar-refractivity contribution in [3.63, 3.8) is 0 Å². The topological polar surface area (TPSA) is 80.8 Å². The van der Waals surface area contributed by atoms with Gasteiger partial charge in [0.05, 0.1) is 16.9 Å². The second-order valence-electron chi connectivity index (χ2n) is 7.48. The Bertz CT molecular complexity index is 928. The molecule has 0 fully saturated rings. The van der Waals surface area contributed by atoms with Crippen molar-refractivity contribution in [2.75, 3.05) is 12.8 Å². The number of allylic oxidation sites excluding steroid dienone is 1. The molecule has 0 saturated heterocycles. The van der Waals surface area contributed by atoms with E-state index in [1.807, 2.05) is 37.0 Å². The largest absolute Gasteiger partial charge is 0.463 e. The number of sulfone groups is 1. The highest BCUT2D eigenvalue weighted by Crippen LogP contribution is 2.30. The number of carbonyl (C=O) groups is 2. The molecule has 28 heavy (non-hydrogen) atoms. The molecule has 0 spiro atoms. The van der Waals surface area contributed by atoms with Crippen molar-refractivity contribution >= 4 is 21.6 Å². The number of ketones is 1. The average Bonchev–Trinajstić information content (AvgIpc) is 2.89. The summed E-state index contributed by atoms with van der Waals surface area (Å²) in [7, 11) is -3.30. The number of esters is 1. The Kier molecular flexibility index (Phi) is 5.74. The quantitative estimate of drug-likeness (QED) is 0.556. The van der Waals surface area contributed by atoms with Crippen LogP contribution in [0.25, 0.3) is 0 Å². The van der Waals surface area contributed by atoms with E-state index in [2.05, 4.69) is 0 Å². The highest BCUT2D eigenvalue weighted by molar-refractivity contribution is 7.90. The monoisotopic (exact) mass is 403 g/mol. The second-order valence-corrected chi connectivity index (χ2v) is 9.50. The first-order valence-electron chi connectivity index (χ1n) is 9.38. The fourth-order valence-electron chi connectivity index (χ4n) is 3.51. The third-order valence-electron chi connectivity index (χ3n) is 4.89. The number of nitrogens with zero attached hydrogens (tertiary/aromatic N) is 1. The maximum atomic E-state index is 13.0. The van der Waals surface area contributed by atoms with Gasteiger partial charge in [0, 0.05) is 24.1 Å². The van der Waals surface area contributed by atoms with Gasteiger partial charge in [-0.05, 0) is 51.0 Å². The van der Waals surface area contributed by atoms with Crippen molar-refractivity contribution < 1.29 is 22.7 Å². The average molecular weight is 404 g/mol. The normalized spacial score (nSPS) is 21.9. The van der Waals surface area contributed by atoms with Gasteiger partial charge in [-0.3, -0.25) is 9.59 Å². The lowest BCUT2D eigenvalue weighted by molar-refractivity contribution is -0.150. The van der Waals surface area contributed by atoms with Gasteiger partial charge >= 0.3 is 5.97 Å². The first-order valence-corrected chi connectivity index (χ1v) is 11.3. The van der Waals surface area contributed by atoms with E-state index in [0.29, 0.717) is 18.5 Å². The summed E-state index contributed by atoms with van der Waals surface area (Å²) in [6, 6.07) is 5.57. The summed E-state index contributed by atoms with van der Waals surface area (Å²) in [5, 5.41) is 0. The van der Waals surface area contributed by atoms with E-state index in [9.17, 15) is 18.0 Å². The van der Waals surface area contributed by atoms with E-state index >= 15 is 0 Å². The Morgan fingerprint density at radius 3 is 2.46 bits per heavy atom. The minimum Gasteiger partial charge on any atom is -0.463 e. The molecule has 2 aliphatic heterocycles. The number of rotatable bonds is 5. The first kappa shape index (κ1) is 20.3. The number of hydrogen-bond donors (Lipinski definition) is 0. The lowest BCUT2D eigenvalue weighted by Crippen LogP contribution is -2.35. The lowest BCUT2D eigenvalue weighted by atomic mass is 10.0. The molecule has 2 atom stereocenters. The molecule has 6 nitrogen and oxygen atoms in total. The van der Waals surface area contributed by atoms with Crippen molar-refractivity contribution in [1.29, 1.82) is 0 Å². The molecule has 2 aliphatic rings. The summed E-state index contributed by atoms with van der Waals surface area (Å²) in [5.41, 5.74) is 1.32. The molecule has 2 heterocycles. The number of Topliss-reactive ketones (excluding diaryl/α,β-unsaturated/α-hetero) is 1. The van der Waals surface area contributed by atoms with Crippen LogP contribution in [0.5, 0.6) is 0 Å². The van der Waals surface area contributed by atoms with Gasteiger partial charge in [0.1, 0.15) is 6.04 Å². The molecule has 1 aromatic carbocycles. The number of carbonyl (C=O) groups excluding carboxylic acids is 2. The molecule has 150 valence electrons. The molecule has 0 bridgehead atoms. The van der Waals surface area contributed by atoms with E-state index in [4.69, 9.17) is 4.74 Å². The molecule has 1 aromatic rings. The van der Waals surface area contributed by atoms with Crippen molar-refractivity contribution in [1.82, 2.24) is 4.90 Å². The van der Waals surface area contributed by atoms with E-state index in [1.54, 1.807) is 12.1 Å². The summed E-state index contributed by atoms with van der Waals surface area (Å²) < 4.78 is 28.5. The van der Waals surface area contributed by atoms with E-state index in [0.717, 1.165) is 18.4 Å². The Hall–Kier alpha value is -2.41. The minimum atomic E-state index is -3.30. The molecule has 0 aliphatic carbocycles. The van der Waals surface area contributed by atoms with Gasteiger partial charge < -0.3 is 9.64 Å². The van der Waals surface area contributed by atoms with Gasteiger partial charge in [0.25, 0.3) is 0 Å². The van der Waals surface area contributed by atoms with Crippen LogP contribution >= 0.6 is 0 Å². The smallest absolute Gasteiger partial charge is 0.313 e. The Labute approximate surface area is 165 Å². The number of benzene rings is 1. The van der Waals surface area contributed by atoms with Crippen molar-refractivity contribution in [2.24, 2.45) is 5.92 Å². The molecule has 3 rings (SSSR count). The fraction of sp³-hybridized carbons (Fsp3) is 0.429. The van der Waals surface area contributed by atoms with Gasteiger partial charge in [-0.15, -0.1) is 0 Å².